The molecular formula is C24H35IN4O2. The number of nitrogens with zero attached hydrogens (tertiary/aromatic N) is 2. The molecule has 1 aliphatic rings. The lowest BCUT2D eigenvalue weighted by Gasteiger charge is -2.15. The SMILES string of the molecule is CCNC(=NCc1ccc(C)cc1OCC1CCOC1)NCCc1ccncc1C.I. The van der Waals surface area contributed by atoms with Gasteiger partial charge in [-0.15, -0.1) is 24.0 Å². The summed E-state index contributed by atoms with van der Waals surface area (Å²) in [7, 11) is 0. The van der Waals surface area contributed by atoms with Crippen LogP contribution in [-0.2, 0) is 17.7 Å². The van der Waals surface area contributed by atoms with E-state index in [1.54, 1.807) is 0 Å². The average Bonchev–Trinajstić information content (AvgIpc) is 3.26. The number of guanidine groups is 1. The molecule has 1 fully saturated rings. The van der Waals surface area contributed by atoms with Crippen molar-refractivity contribution >= 4 is 29.9 Å². The summed E-state index contributed by atoms with van der Waals surface area (Å²) >= 11 is 0. The van der Waals surface area contributed by atoms with Gasteiger partial charge in [-0.3, -0.25) is 4.98 Å². The predicted molar refractivity (Wildman–Crippen MR) is 137 cm³/mol. The highest BCUT2D eigenvalue weighted by Gasteiger charge is 2.17. The molecule has 7 heteroatoms. The normalized spacial score (nSPS) is 16.0. The number of halogens is 1. The minimum Gasteiger partial charge on any atom is -0.493 e. The number of pyridine rings is 1. The van der Waals surface area contributed by atoms with Crippen LogP contribution in [0.25, 0.3) is 0 Å². The molecule has 1 aromatic heterocycles. The molecule has 2 aromatic rings. The molecule has 0 bridgehead atoms. The topological polar surface area (TPSA) is 67.8 Å². The fourth-order valence-electron chi connectivity index (χ4n) is 3.45. The van der Waals surface area contributed by atoms with E-state index in [-0.39, 0.29) is 24.0 Å². The lowest BCUT2D eigenvalue weighted by atomic mass is 10.1. The van der Waals surface area contributed by atoms with E-state index in [1.165, 1.54) is 16.7 Å². The van der Waals surface area contributed by atoms with Gasteiger partial charge in [0.25, 0.3) is 0 Å². The molecule has 1 aliphatic heterocycles. The Morgan fingerprint density at radius 1 is 1.23 bits per heavy atom. The van der Waals surface area contributed by atoms with Crippen molar-refractivity contribution < 1.29 is 9.47 Å². The highest BCUT2D eigenvalue weighted by molar-refractivity contribution is 14.0. The fraction of sp³-hybridized carbons (Fsp3) is 0.500. The summed E-state index contributed by atoms with van der Waals surface area (Å²) in [6.07, 6.45) is 5.76. The molecule has 0 aliphatic carbocycles. The standard InChI is InChI=1S/C24H34N4O2.HI/c1-4-26-24(27-11-8-21-7-10-25-14-19(21)3)28-15-22-6-5-18(2)13-23(22)30-17-20-9-12-29-16-20;/h5-7,10,13-14,20H,4,8-9,11-12,15-17H2,1-3H3,(H2,26,27,28);1H. The second-order valence-electron chi connectivity index (χ2n) is 7.83. The summed E-state index contributed by atoms with van der Waals surface area (Å²) < 4.78 is 11.6. The second-order valence-corrected chi connectivity index (χ2v) is 7.83. The van der Waals surface area contributed by atoms with Crippen LogP contribution in [0, 0.1) is 19.8 Å². The fourth-order valence-corrected chi connectivity index (χ4v) is 3.45. The Bertz CT molecular complexity index is 838. The summed E-state index contributed by atoms with van der Waals surface area (Å²) in [6, 6.07) is 8.41. The zero-order chi connectivity index (χ0) is 21.2. The molecule has 2 heterocycles. The minimum atomic E-state index is 0. The van der Waals surface area contributed by atoms with Crippen LogP contribution in [0.4, 0.5) is 0 Å². The molecule has 1 saturated heterocycles. The molecule has 1 aromatic carbocycles. The maximum absolute atomic E-state index is 6.15. The molecule has 1 unspecified atom stereocenters. The second kappa shape index (κ2) is 13.5. The lowest BCUT2D eigenvalue weighted by molar-refractivity contribution is 0.166. The molecule has 170 valence electrons. The van der Waals surface area contributed by atoms with Crippen LogP contribution in [0.15, 0.2) is 41.7 Å². The third-order valence-electron chi connectivity index (χ3n) is 5.30. The number of aromatic nitrogens is 1. The van der Waals surface area contributed by atoms with E-state index < -0.39 is 0 Å². The van der Waals surface area contributed by atoms with Crippen LogP contribution in [0.1, 0.15) is 35.6 Å². The van der Waals surface area contributed by atoms with E-state index >= 15 is 0 Å². The minimum absolute atomic E-state index is 0. The molecule has 31 heavy (non-hydrogen) atoms. The number of rotatable bonds is 9. The van der Waals surface area contributed by atoms with Gasteiger partial charge in [0.1, 0.15) is 5.75 Å². The zero-order valence-corrected chi connectivity index (χ0v) is 21.1. The smallest absolute Gasteiger partial charge is 0.191 e. The number of benzene rings is 1. The maximum atomic E-state index is 6.15. The van der Waals surface area contributed by atoms with E-state index in [4.69, 9.17) is 14.5 Å². The van der Waals surface area contributed by atoms with Crippen molar-refractivity contribution in [2.24, 2.45) is 10.9 Å². The molecule has 0 amide bonds. The van der Waals surface area contributed by atoms with Crippen LogP contribution in [0.5, 0.6) is 5.75 Å². The number of aliphatic imine (C=N–C) groups is 1. The van der Waals surface area contributed by atoms with Crippen LogP contribution in [-0.4, -0.2) is 43.9 Å². The zero-order valence-electron chi connectivity index (χ0n) is 18.8. The van der Waals surface area contributed by atoms with E-state index in [1.807, 2.05) is 12.4 Å². The number of hydrogen-bond donors (Lipinski definition) is 2. The Kier molecular flexibility index (Phi) is 11.1. The highest BCUT2D eigenvalue weighted by Crippen LogP contribution is 2.23. The van der Waals surface area contributed by atoms with Gasteiger partial charge in [0, 0.05) is 43.6 Å². The first kappa shape index (κ1) is 25.4. The Balaban J connectivity index is 0.00000341. The Morgan fingerprint density at radius 2 is 2.10 bits per heavy atom. The van der Waals surface area contributed by atoms with Crippen molar-refractivity contribution in [3.8, 4) is 5.75 Å². The lowest BCUT2D eigenvalue weighted by Crippen LogP contribution is -2.38. The van der Waals surface area contributed by atoms with Gasteiger partial charge >= 0.3 is 0 Å². The van der Waals surface area contributed by atoms with Gasteiger partial charge in [0.2, 0.25) is 0 Å². The first-order valence-electron chi connectivity index (χ1n) is 10.9. The van der Waals surface area contributed by atoms with Gasteiger partial charge in [-0.25, -0.2) is 4.99 Å². The highest BCUT2D eigenvalue weighted by atomic mass is 127. The first-order chi connectivity index (χ1) is 14.7. The Labute approximate surface area is 203 Å². The largest absolute Gasteiger partial charge is 0.493 e. The third-order valence-corrected chi connectivity index (χ3v) is 5.30. The van der Waals surface area contributed by atoms with Crippen LogP contribution >= 0.6 is 24.0 Å². The van der Waals surface area contributed by atoms with E-state index in [0.29, 0.717) is 19.1 Å². The van der Waals surface area contributed by atoms with Gasteiger partial charge in [0.05, 0.1) is 19.8 Å². The van der Waals surface area contributed by atoms with E-state index in [0.717, 1.165) is 56.4 Å². The van der Waals surface area contributed by atoms with Gasteiger partial charge in [-0.05, 0) is 62.4 Å². The Hall–Kier alpha value is -1.87. The average molecular weight is 538 g/mol. The van der Waals surface area contributed by atoms with Crippen LogP contribution in [0.2, 0.25) is 0 Å². The number of hydrogen-bond acceptors (Lipinski definition) is 4. The quantitative estimate of drug-likeness (QED) is 0.287. The van der Waals surface area contributed by atoms with Crippen LogP contribution in [0.3, 0.4) is 0 Å². The summed E-state index contributed by atoms with van der Waals surface area (Å²) in [5, 5.41) is 6.77. The van der Waals surface area contributed by atoms with Gasteiger partial charge in [-0.2, -0.15) is 0 Å². The van der Waals surface area contributed by atoms with Crippen molar-refractivity contribution in [3.05, 3.63) is 58.9 Å². The summed E-state index contributed by atoms with van der Waals surface area (Å²) in [4.78, 5) is 8.94. The molecule has 0 spiro atoms. The van der Waals surface area contributed by atoms with Crippen molar-refractivity contribution in [2.45, 2.75) is 40.2 Å². The first-order valence-corrected chi connectivity index (χ1v) is 10.9. The van der Waals surface area contributed by atoms with Crippen molar-refractivity contribution in [3.63, 3.8) is 0 Å². The maximum Gasteiger partial charge on any atom is 0.191 e. The van der Waals surface area contributed by atoms with Crippen molar-refractivity contribution in [2.75, 3.05) is 32.9 Å². The summed E-state index contributed by atoms with van der Waals surface area (Å²) in [5.74, 6) is 2.23. The molecular weight excluding hydrogens is 503 g/mol. The monoisotopic (exact) mass is 538 g/mol. The summed E-state index contributed by atoms with van der Waals surface area (Å²) in [6.45, 7) is 10.8. The molecule has 0 saturated carbocycles. The Morgan fingerprint density at radius 3 is 2.84 bits per heavy atom. The molecule has 6 nitrogen and oxygen atoms in total. The number of aryl methyl sites for hydroxylation is 2. The van der Waals surface area contributed by atoms with E-state index in [2.05, 4.69) is 60.7 Å². The number of ether oxygens (including phenoxy) is 2. The molecule has 0 radical (unpaired) electrons. The van der Waals surface area contributed by atoms with Crippen LogP contribution < -0.4 is 15.4 Å². The predicted octanol–water partition coefficient (Wildman–Crippen LogP) is 4.03. The number of nitrogens with one attached hydrogen (secondary N) is 2. The summed E-state index contributed by atoms with van der Waals surface area (Å²) in [5.41, 5.74) is 4.81. The van der Waals surface area contributed by atoms with Gasteiger partial charge < -0.3 is 20.1 Å². The van der Waals surface area contributed by atoms with Crippen molar-refractivity contribution in [1.82, 2.24) is 15.6 Å². The third kappa shape index (κ3) is 8.29. The van der Waals surface area contributed by atoms with Gasteiger partial charge in [0.15, 0.2) is 5.96 Å². The molecule has 2 N–H and O–H groups in total. The molecule has 1 atom stereocenters. The van der Waals surface area contributed by atoms with Crippen molar-refractivity contribution in [1.29, 1.82) is 0 Å². The molecule has 3 rings (SSSR count). The van der Waals surface area contributed by atoms with Gasteiger partial charge in [-0.1, -0.05) is 12.1 Å². The van der Waals surface area contributed by atoms with E-state index in [9.17, 15) is 0 Å².